The van der Waals surface area contributed by atoms with Gasteiger partial charge < -0.3 is 10.6 Å². The quantitative estimate of drug-likeness (QED) is 0.727. The highest BCUT2D eigenvalue weighted by Crippen LogP contribution is 2.08. The zero-order valence-electron chi connectivity index (χ0n) is 12.0. The van der Waals surface area contributed by atoms with E-state index in [2.05, 4.69) is 30.6 Å². The van der Waals surface area contributed by atoms with Crippen molar-refractivity contribution < 1.29 is 0 Å². The summed E-state index contributed by atoms with van der Waals surface area (Å²) in [6.45, 7) is 1.29. The maximum Gasteiger partial charge on any atom is 0.224 e. The maximum atomic E-state index is 4.43. The van der Waals surface area contributed by atoms with Crippen LogP contribution in [-0.4, -0.2) is 19.9 Å². The van der Waals surface area contributed by atoms with Gasteiger partial charge in [-0.25, -0.2) is 4.98 Å². The zero-order chi connectivity index (χ0) is 15.0. The molecule has 0 aliphatic heterocycles. The number of aromatic nitrogens is 4. The molecule has 0 saturated heterocycles. The molecule has 110 valence electrons. The van der Waals surface area contributed by atoms with Crippen molar-refractivity contribution in [3.63, 3.8) is 0 Å². The minimum atomic E-state index is 0.586. The molecule has 0 radical (unpaired) electrons. The van der Waals surface area contributed by atoms with Crippen LogP contribution in [0.3, 0.4) is 0 Å². The molecule has 0 aliphatic carbocycles. The van der Waals surface area contributed by atoms with Gasteiger partial charge in [0.15, 0.2) is 0 Å². The van der Waals surface area contributed by atoms with Gasteiger partial charge in [0.1, 0.15) is 5.82 Å². The molecule has 6 heteroatoms. The molecule has 0 saturated carbocycles. The first-order valence-electron chi connectivity index (χ1n) is 7.00. The molecule has 0 amide bonds. The van der Waals surface area contributed by atoms with E-state index in [0.717, 1.165) is 17.1 Å². The second-order valence-corrected chi connectivity index (χ2v) is 4.65. The lowest BCUT2D eigenvalue weighted by atomic mass is 10.3. The second-order valence-electron chi connectivity index (χ2n) is 4.65. The first kappa shape index (κ1) is 13.9. The lowest BCUT2D eigenvalue weighted by Crippen LogP contribution is -2.07. The highest BCUT2D eigenvalue weighted by molar-refractivity contribution is 5.40. The molecule has 0 bridgehead atoms. The molecular formula is C16H16N6. The summed E-state index contributed by atoms with van der Waals surface area (Å²) in [6, 6.07) is 11.6. The Kier molecular flexibility index (Phi) is 4.51. The van der Waals surface area contributed by atoms with Crippen LogP contribution in [0.5, 0.6) is 0 Å². The first-order chi connectivity index (χ1) is 10.9. The van der Waals surface area contributed by atoms with Crippen LogP contribution < -0.4 is 10.6 Å². The van der Waals surface area contributed by atoms with Gasteiger partial charge in [-0.1, -0.05) is 6.07 Å². The Balaban J connectivity index is 1.58. The number of nitrogens with zero attached hydrogens (tertiary/aromatic N) is 4. The van der Waals surface area contributed by atoms with Gasteiger partial charge in [0, 0.05) is 31.3 Å². The van der Waals surface area contributed by atoms with Gasteiger partial charge in [0.25, 0.3) is 0 Å². The van der Waals surface area contributed by atoms with Crippen LogP contribution in [0.2, 0.25) is 0 Å². The van der Waals surface area contributed by atoms with Gasteiger partial charge in [-0.3, -0.25) is 9.97 Å². The fourth-order valence-corrected chi connectivity index (χ4v) is 1.91. The van der Waals surface area contributed by atoms with Crippen LogP contribution in [0.25, 0.3) is 0 Å². The largest absolute Gasteiger partial charge is 0.364 e. The van der Waals surface area contributed by atoms with Crippen LogP contribution in [0, 0.1) is 0 Å². The molecule has 6 nitrogen and oxygen atoms in total. The van der Waals surface area contributed by atoms with Gasteiger partial charge in [-0.2, -0.15) is 4.98 Å². The summed E-state index contributed by atoms with van der Waals surface area (Å²) in [7, 11) is 0. The van der Waals surface area contributed by atoms with Crippen molar-refractivity contribution in [2.45, 2.75) is 13.1 Å². The standard InChI is InChI=1S/C16H16N6/c1-2-7-18-14(3-1)12-20-15-6-10-19-16(22-15)21-11-13-4-8-17-9-5-13/h1-10H,11-12H2,(H2,19,20,21,22). The van der Waals surface area contributed by atoms with Crippen molar-refractivity contribution in [3.05, 3.63) is 72.4 Å². The number of rotatable bonds is 6. The monoisotopic (exact) mass is 292 g/mol. The fraction of sp³-hybridized carbons (Fsp3) is 0.125. The van der Waals surface area contributed by atoms with Gasteiger partial charge in [-0.15, -0.1) is 0 Å². The molecule has 3 rings (SSSR count). The van der Waals surface area contributed by atoms with E-state index in [1.54, 1.807) is 24.8 Å². The topological polar surface area (TPSA) is 75.6 Å². The third-order valence-electron chi connectivity index (χ3n) is 3.03. The Morgan fingerprint density at radius 1 is 0.773 bits per heavy atom. The third kappa shape index (κ3) is 3.99. The van der Waals surface area contributed by atoms with Crippen molar-refractivity contribution in [2.24, 2.45) is 0 Å². The van der Waals surface area contributed by atoms with Gasteiger partial charge >= 0.3 is 0 Å². The smallest absolute Gasteiger partial charge is 0.224 e. The summed E-state index contributed by atoms with van der Waals surface area (Å²) in [5.41, 5.74) is 2.10. The number of pyridine rings is 2. The van der Waals surface area contributed by atoms with E-state index >= 15 is 0 Å². The molecule has 2 N–H and O–H groups in total. The Bertz CT molecular complexity index is 643. The fourth-order valence-electron chi connectivity index (χ4n) is 1.91. The molecule has 0 aliphatic rings. The molecular weight excluding hydrogens is 276 g/mol. The summed E-state index contributed by atoms with van der Waals surface area (Å²) in [5.74, 6) is 1.35. The first-order valence-corrected chi connectivity index (χ1v) is 7.00. The number of anilines is 2. The van der Waals surface area contributed by atoms with E-state index in [9.17, 15) is 0 Å². The van der Waals surface area contributed by atoms with E-state index in [0.29, 0.717) is 19.0 Å². The lowest BCUT2D eigenvalue weighted by molar-refractivity contribution is 1.00. The van der Waals surface area contributed by atoms with Crippen LogP contribution in [0.1, 0.15) is 11.3 Å². The Labute approximate surface area is 128 Å². The number of hydrogen-bond acceptors (Lipinski definition) is 6. The Hall–Kier alpha value is -3.02. The third-order valence-corrected chi connectivity index (χ3v) is 3.03. The predicted molar refractivity (Wildman–Crippen MR) is 85.2 cm³/mol. The SMILES string of the molecule is c1ccc(CNc2ccnc(NCc3ccncc3)n2)nc1. The van der Waals surface area contributed by atoms with E-state index in [1.807, 2.05) is 36.4 Å². The number of nitrogens with one attached hydrogen (secondary N) is 2. The molecule has 0 spiro atoms. The van der Waals surface area contributed by atoms with Crippen molar-refractivity contribution >= 4 is 11.8 Å². The minimum Gasteiger partial charge on any atom is -0.364 e. The van der Waals surface area contributed by atoms with Gasteiger partial charge in [0.05, 0.1) is 12.2 Å². The summed E-state index contributed by atoms with van der Waals surface area (Å²) >= 11 is 0. The Morgan fingerprint density at radius 3 is 2.50 bits per heavy atom. The summed E-state index contributed by atoms with van der Waals surface area (Å²) in [6.07, 6.45) is 7.03. The van der Waals surface area contributed by atoms with Crippen LogP contribution in [0.4, 0.5) is 11.8 Å². The molecule has 0 unspecified atom stereocenters. The predicted octanol–water partition coefficient (Wildman–Crippen LogP) is 2.49. The van der Waals surface area contributed by atoms with Gasteiger partial charge in [-0.05, 0) is 35.9 Å². The summed E-state index contributed by atoms with van der Waals surface area (Å²) in [5, 5.41) is 6.43. The van der Waals surface area contributed by atoms with Crippen molar-refractivity contribution in [3.8, 4) is 0 Å². The van der Waals surface area contributed by atoms with Gasteiger partial charge in [0.2, 0.25) is 5.95 Å². The average Bonchev–Trinajstić information content (AvgIpc) is 2.60. The molecule has 22 heavy (non-hydrogen) atoms. The van der Waals surface area contributed by atoms with Crippen molar-refractivity contribution in [1.82, 2.24) is 19.9 Å². The summed E-state index contributed by atoms with van der Waals surface area (Å²) in [4.78, 5) is 16.9. The van der Waals surface area contributed by atoms with Crippen molar-refractivity contribution in [2.75, 3.05) is 10.6 Å². The highest BCUT2D eigenvalue weighted by atomic mass is 15.1. The maximum absolute atomic E-state index is 4.43. The highest BCUT2D eigenvalue weighted by Gasteiger charge is 2.00. The molecule has 0 fully saturated rings. The normalized spacial score (nSPS) is 10.2. The minimum absolute atomic E-state index is 0.586. The van der Waals surface area contributed by atoms with Crippen LogP contribution in [0.15, 0.2) is 61.2 Å². The van der Waals surface area contributed by atoms with E-state index in [4.69, 9.17) is 0 Å². The van der Waals surface area contributed by atoms with E-state index in [1.165, 1.54) is 0 Å². The lowest BCUT2D eigenvalue weighted by Gasteiger charge is -2.08. The second kappa shape index (κ2) is 7.12. The van der Waals surface area contributed by atoms with E-state index in [-0.39, 0.29) is 0 Å². The van der Waals surface area contributed by atoms with Crippen LogP contribution >= 0.6 is 0 Å². The number of hydrogen-bond donors (Lipinski definition) is 2. The van der Waals surface area contributed by atoms with E-state index < -0.39 is 0 Å². The molecule has 0 aromatic carbocycles. The molecule has 0 atom stereocenters. The molecule has 3 heterocycles. The molecule has 3 aromatic rings. The zero-order valence-corrected chi connectivity index (χ0v) is 12.0. The summed E-state index contributed by atoms with van der Waals surface area (Å²) < 4.78 is 0. The average molecular weight is 292 g/mol. The molecule has 3 aromatic heterocycles. The van der Waals surface area contributed by atoms with Crippen LogP contribution in [-0.2, 0) is 13.1 Å². The Morgan fingerprint density at radius 2 is 1.68 bits per heavy atom. The van der Waals surface area contributed by atoms with Crippen molar-refractivity contribution in [1.29, 1.82) is 0 Å².